The lowest BCUT2D eigenvalue weighted by atomic mass is 10.2. The number of nitrogens with two attached hydrogens (primary N) is 1. The molecule has 0 unspecified atom stereocenters. The lowest BCUT2D eigenvalue weighted by Gasteiger charge is -2.33. The Kier molecular flexibility index (Phi) is 2.07. The van der Waals surface area contributed by atoms with Gasteiger partial charge in [0.25, 0.3) is 0 Å². The van der Waals surface area contributed by atoms with Gasteiger partial charge in [-0.2, -0.15) is 0 Å². The standard InChI is InChI=1S/C6H9FN2O2/c7-4-2-9(3-4)6(11)1-5(8)10/h4H,1-3H2,(H2,8,10). The molecular formula is C6H9FN2O2. The van der Waals surface area contributed by atoms with E-state index in [0.29, 0.717) is 0 Å². The second-order valence-corrected chi connectivity index (χ2v) is 2.54. The first kappa shape index (κ1) is 7.97. The molecule has 1 aliphatic heterocycles. The van der Waals surface area contributed by atoms with Crippen molar-refractivity contribution < 1.29 is 14.0 Å². The molecular weight excluding hydrogens is 151 g/mol. The molecule has 4 nitrogen and oxygen atoms in total. The molecule has 1 fully saturated rings. The Morgan fingerprint density at radius 3 is 2.45 bits per heavy atom. The smallest absolute Gasteiger partial charge is 0.232 e. The van der Waals surface area contributed by atoms with E-state index in [1.165, 1.54) is 4.90 Å². The zero-order valence-electron chi connectivity index (χ0n) is 5.92. The van der Waals surface area contributed by atoms with Crippen molar-refractivity contribution >= 4 is 11.8 Å². The molecule has 0 atom stereocenters. The van der Waals surface area contributed by atoms with Gasteiger partial charge >= 0.3 is 0 Å². The number of hydrogen-bond acceptors (Lipinski definition) is 2. The highest BCUT2D eigenvalue weighted by molar-refractivity contribution is 5.96. The number of rotatable bonds is 2. The van der Waals surface area contributed by atoms with Crippen molar-refractivity contribution in [1.29, 1.82) is 0 Å². The normalized spacial score (nSPS) is 17.7. The Hall–Kier alpha value is -1.13. The highest BCUT2D eigenvalue weighted by Gasteiger charge is 2.30. The van der Waals surface area contributed by atoms with Gasteiger partial charge in [-0.15, -0.1) is 0 Å². The number of hydrogen-bond donors (Lipinski definition) is 1. The average molecular weight is 160 g/mol. The van der Waals surface area contributed by atoms with Gasteiger partial charge in [0.05, 0.1) is 13.1 Å². The quantitative estimate of drug-likeness (QED) is 0.529. The Labute approximate surface area is 63.1 Å². The number of carbonyl (C=O) groups is 2. The van der Waals surface area contributed by atoms with Gasteiger partial charge in [0, 0.05) is 0 Å². The number of primary amides is 1. The third-order valence-electron chi connectivity index (χ3n) is 1.52. The van der Waals surface area contributed by atoms with Gasteiger partial charge in [0.15, 0.2) is 0 Å². The van der Waals surface area contributed by atoms with E-state index in [1.54, 1.807) is 0 Å². The molecule has 62 valence electrons. The molecule has 0 aliphatic carbocycles. The van der Waals surface area contributed by atoms with Crippen LogP contribution in [0.4, 0.5) is 4.39 Å². The van der Waals surface area contributed by atoms with Gasteiger partial charge < -0.3 is 10.6 Å². The van der Waals surface area contributed by atoms with Gasteiger partial charge in [-0.05, 0) is 0 Å². The molecule has 1 rings (SSSR count). The summed E-state index contributed by atoms with van der Waals surface area (Å²) in [6.07, 6.45) is -1.24. The van der Waals surface area contributed by atoms with E-state index in [0.717, 1.165) is 0 Å². The molecule has 2 amide bonds. The lowest BCUT2D eigenvalue weighted by Crippen LogP contribution is -2.52. The van der Waals surface area contributed by atoms with E-state index >= 15 is 0 Å². The third kappa shape index (κ3) is 1.89. The van der Waals surface area contributed by atoms with Gasteiger partial charge in [-0.25, -0.2) is 4.39 Å². The predicted molar refractivity (Wildman–Crippen MR) is 35.3 cm³/mol. The molecule has 1 saturated heterocycles. The summed E-state index contributed by atoms with van der Waals surface area (Å²) in [6.45, 7) is 0.207. The van der Waals surface area contributed by atoms with E-state index < -0.39 is 12.1 Å². The van der Waals surface area contributed by atoms with Crippen LogP contribution >= 0.6 is 0 Å². The monoisotopic (exact) mass is 160 g/mol. The summed E-state index contributed by atoms with van der Waals surface area (Å²) in [7, 11) is 0. The van der Waals surface area contributed by atoms with E-state index in [-0.39, 0.29) is 25.4 Å². The van der Waals surface area contributed by atoms with Crippen molar-refractivity contribution in [3.05, 3.63) is 0 Å². The van der Waals surface area contributed by atoms with Crippen LogP contribution < -0.4 is 5.73 Å². The van der Waals surface area contributed by atoms with Crippen molar-refractivity contribution in [2.45, 2.75) is 12.6 Å². The van der Waals surface area contributed by atoms with Crippen LogP contribution in [0.25, 0.3) is 0 Å². The fourth-order valence-electron chi connectivity index (χ4n) is 0.889. The zero-order chi connectivity index (χ0) is 8.43. The molecule has 5 heteroatoms. The first-order valence-corrected chi connectivity index (χ1v) is 3.29. The summed E-state index contributed by atoms with van der Waals surface area (Å²) in [5.41, 5.74) is 4.76. The van der Waals surface area contributed by atoms with Gasteiger partial charge in [0.2, 0.25) is 11.8 Å². The topological polar surface area (TPSA) is 63.4 Å². The van der Waals surface area contributed by atoms with Crippen LogP contribution in [-0.4, -0.2) is 36.0 Å². The minimum absolute atomic E-state index is 0.103. The van der Waals surface area contributed by atoms with Crippen LogP contribution in [0.15, 0.2) is 0 Å². The maximum Gasteiger partial charge on any atom is 0.232 e. The largest absolute Gasteiger partial charge is 0.369 e. The van der Waals surface area contributed by atoms with Crippen molar-refractivity contribution in [3.63, 3.8) is 0 Å². The minimum Gasteiger partial charge on any atom is -0.369 e. The van der Waals surface area contributed by atoms with E-state index in [1.807, 2.05) is 0 Å². The van der Waals surface area contributed by atoms with Gasteiger partial charge in [0.1, 0.15) is 12.6 Å². The Balaban J connectivity index is 2.27. The summed E-state index contributed by atoms with van der Waals surface area (Å²) in [5.74, 6) is -1.05. The third-order valence-corrected chi connectivity index (χ3v) is 1.52. The molecule has 0 aromatic carbocycles. The summed E-state index contributed by atoms with van der Waals surface area (Å²) in [6, 6.07) is 0. The van der Waals surface area contributed by atoms with Gasteiger partial charge in [-0.3, -0.25) is 9.59 Å². The number of amides is 2. The fourth-order valence-corrected chi connectivity index (χ4v) is 0.889. The summed E-state index contributed by atoms with van der Waals surface area (Å²) in [4.78, 5) is 22.3. The number of carbonyl (C=O) groups excluding carboxylic acids is 2. The number of likely N-dealkylation sites (tertiary alicyclic amines) is 1. The molecule has 1 heterocycles. The Morgan fingerprint density at radius 2 is 2.09 bits per heavy atom. The first-order valence-electron chi connectivity index (χ1n) is 3.29. The summed E-state index contributed by atoms with van der Waals surface area (Å²) < 4.78 is 12.2. The second-order valence-electron chi connectivity index (χ2n) is 2.54. The summed E-state index contributed by atoms with van der Waals surface area (Å²) in [5, 5.41) is 0. The minimum atomic E-state index is -0.924. The molecule has 11 heavy (non-hydrogen) atoms. The van der Waals surface area contributed by atoms with Crippen molar-refractivity contribution in [1.82, 2.24) is 4.90 Å². The van der Waals surface area contributed by atoms with Crippen molar-refractivity contribution in [3.8, 4) is 0 Å². The predicted octanol–water partition coefficient (Wildman–Crippen LogP) is -0.958. The van der Waals surface area contributed by atoms with Gasteiger partial charge in [-0.1, -0.05) is 0 Å². The van der Waals surface area contributed by atoms with Crippen LogP contribution in [0.3, 0.4) is 0 Å². The number of alkyl halides is 1. The molecule has 0 aromatic heterocycles. The van der Waals surface area contributed by atoms with Crippen LogP contribution in [0.2, 0.25) is 0 Å². The highest BCUT2D eigenvalue weighted by Crippen LogP contribution is 2.11. The molecule has 2 N–H and O–H groups in total. The van der Waals surface area contributed by atoms with E-state index in [2.05, 4.69) is 0 Å². The van der Waals surface area contributed by atoms with Crippen LogP contribution in [0.5, 0.6) is 0 Å². The molecule has 0 aromatic rings. The first-order chi connectivity index (χ1) is 5.09. The maximum absolute atomic E-state index is 12.2. The lowest BCUT2D eigenvalue weighted by molar-refractivity contribution is -0.141. The maximum atomic E-state index is 12.2. The highest BCUT2D eigenvalue weighted by atomic mass is 19.1. The number of nitrogens with zero attached hydrogens (tertiary/aromatic N) is 1. The molecule has 0 radical (unpaired) electrons. The SMILES string of the molecule is NC(=O)CC(=O)N1CC(F)C1. The van der Waals surface area contributed by atoms with Crippen LogP contribution in [0, 0.1) is 0 Å². The second kappa shape index (κ2) is 2.86. The molecule has 0 bridgehead atoms. The van der Waals surface area contributed by atoms with Crippen LogP contribution in [-0.2, 0) is 9.59 Å². The summed E-state index contributed by atoms with van der Waals surface area (Å²) >= 11 is 0. The van der Waals surface area contributed by atoms with Crippen molar-refractivity contribution in [2.24, 2.45) is 5.73 Å². The molecule has 0 saturated carbocycles. The Morgan fingerprint density at radius 1 is 1.55 bits per heavy atom. The average Bonchev–Trinajstić information content (AvgIpc) is 1.79. The van der Waals surface area contributed by atoms with E-state index in [4.69, 9.17) is 5.73 Å². The zero-order valence-corrected chi connectivity index (χ0v) is 5.92. The Bertz CT molecular complexity index is 189. The van der Waals surface area contributed by atoms with Crippen LogP contribution in [0.1, 0.15) is 6.42 Å². The number of halogens is 1. The van der Waals surface area contributed by atoms with Crippen molar-refractivity contribution in [2.75, 3.05) is 13.1 Å². The van der Waals surface area contributed by atoms with E-state index in [9.17, 15) is 14.0 Å². The molecule has 0 spiro atoms. The molecule has 1 aliphatic rings. The fraction of sp³-hybridized carbons (Fsp3) is 0.667.